The number of carbonyl (C=O) groups is 1. The molecular formula is C33H37N5O5S. The van der Waals surface area contributed by atoms with Gasteiger partial charge in [0.05, 0.1) is 23.2 Å². The molecule has 1 aliphatic carbocycles. The second-order valence-electron chi connectivity index (χ2n) is 13.0. The molecule has 0 saturated heterocycles. The molecule has 10 nitrogen and oxygen atoms in total. The molecule has 44 heavy (non-hydrogen) atoms. The molecule has 0 radical (unpaired) electrons. The molecule has 0 spiro atoms. The Morgan fingerprint density at radius 2 is 1.73 bits per heavy atom. The van der Waals surface area contributed by atoms with Crippen LogP contribution in [-0.2, 0) is 16.6 Å². The van der Waals surface area contributed by atoms with Gasteiger partial charge in [0.2, 0.25) is 11.8 Å². The number of ether oxygens (including phenoxy) is 1. The second-order valence-corrected chi connectivity index (χ2v) is 14.7. The van der Waals surface area contributed by atoms with Crippen molar-refractivity contribution in [2.24, 2.45) is 5.41 Å². The van der Waals surface area contributed by atoms with Crippen LogP contribution in [0.2, 0.25) is 0 Å². The molecule has 1 fully saturated rings. The van der Waals surface area contributed by atoms with Gasteiger partial charge in [0.15, 0.2) is 0 Å². The Hall–Kier alpha value is -4.25. The topological polar surface area (TPSA) is 128 Å². The third-order valence-corrected chi connectivity index (χ3v) is 9.25. The Morgan fingerprint density at radius 3 is 2.43 bits per heavy atom. The van der Waals surface area contributed by atoms with Crippen molar-refractivity contribution in [2.45, 2.75) is 77.3 Å². The van der Waals surface area contributed by atoms with Crippen molar-refractivity contribution in [3.63, 3.8) is 0 Å². The molecule has 1 saturated carbocycles. The fourth-order valence-corrected chi connectivity index (χ4v) is 6.67. The van der Waals surface area contributed by atoms with E-state index in [9.17, 15) is 13.2 Å². The Bertz CT molecular complexity index is 1800. The number of fused-ring (bicyclic) bond motifs is 4. The standard InChI is InChI=1S/C33H37N5O5S/c1-20-8-6-9-21(2)30(20)27-16-29-35-32(34-27)37-44(40,41)26-11-7-10-23(14-26)31(39)38(25(19-42-29)17-33(3,4)5)18-24-15-28(43-36-24)22-12-13-22/h6-11,14-16,22,25H,12-13,17-19H2,1-5H3,(H,34,35,37)/t25-/m1/s1. The molecular weight excluding hydrogens is 578 g/mol. The number of aromatic nitrogens is 3. The zero-order valence-corrected chi connectivity index (χ0v) is 26.4. The smallest absolute Gasteiger partial charge is 0.264 e. The van der Waals surface area contributed by atoms with Crippen molar-refractivity contribution in [3.8, 4) is 17.1 Å². The van der Waals surface area contributed by atoms with Crippen LogP contribution in [0.25, 0.3) is 11.3 Å². The van der Waals surface area contributed by atoms with Gasteiger partial charge in [-0.1, -0.05) is 50.2 Å². The largest absolute Gasteiger partial charge is 0.475 e. The number of benzene rings is 2. The number of hydrogen-bond acceptors (Lipinski definition) is 8. The lowest BCUT2D eigenvalue weighted by molar-refractivity contribution is 0.0506. The lowest BCUT2D eigenvalue weighted by Crippen LogP contribution is -2.45. The number of amides is 1. The first kappa shape index (κ1) is 29.8. The molecule has 1 N–H and O–H groups in total. The van der Waals surface area contributed by atoms with Crippen LogP contribution in [0.15, 0.2) is 64.0 Å². The Labute approximate surface area is 257 Å². The van der Waals surface area contributed by atoms with E-state index in [0.717, 1.165) is 35.3 Å². The highest BCUT2D eigenvalue weighted by Crippen LogP contribution is 2.40. The van der Waals surface area contributed by atoms with E-state index in [4.69, 9.17) is 9.26 Å². The van der Waals surface area contributed by atoms with Crippen LogP contribution in [0.3, 0.4) is 0 Å². The quantitative estimate of drug-likeness (QED) is 0.278. The van der Waals surface area contributed by atoms with Gasteiger partial charge >= 0.3 is 0 Å². The highest BCUT2D eigenvalue weighted by molar-refractivity contribution is 7.92. The molecule has 1 amide bonds. The third kappa shape index (κ3) is 6.47. The SMILES string of the molecule is Cc1cccc(C)c1-c1cc2nc(n1)NS(=O)(=O)c1cccc(c1)C(=O)N(Cc1cc(C3CC3)on1)[C@H](CC(C)(C)C)CO2. The summed E-state index contributed by atoms with van der Waals surface area (Å²) >= 11 is 0. The number of nitrogens with one attached hydrogen (secondary N) is 1. The summed E-state index contributed by atoms with van der Waals surface area (Å²) in [5, 5.41) is 4.28. The summed E-state index contributed by atoms with van der Waals surface area (Å²) in [6.07, 6.45) is 2.74. The van der Waals surface area contributed by atoms with Crippen LogP contribution < -0.4 is 9.46 Å². The van der Waals surface area contributed by atoms with Gasteiger partial charge in [-0.05, 0) is 67.9 Å². The number of rotatable bonds is 5. The van der Waals surface area contributed by atoms with Gasteiger partial charge in [0.25, 0.3) is 15.9 Å². The Kier molecular flexibility index (Phi) is 7.69. The van der Waals surface area contributed by atoms with Gasteiger partial charge in [-0.25, -0.2) is 18.1 Å². The van der Waals surface area contributed by atoms with Crippen LogP contribution in [-0.4, -0.2) is 47.0 Å². The molecule has 0 unspecified atom stereocenters. The number of carbonyl (C=O) groups excluding carboxylic acids is 1. The predicted octanol–water partition coefficient (Wildman–Crippen LogP) is 6.27. The predicted molar refractivity (Wildman–Crippen MR) is 166 cm³/mol. The van der Waals surface area contributed by atoms with Crippen molar-refractivity contribution < 1.29 is 22.5 Å². The van der Waals surface area contributed by atoms with Gasteiger partial charge in [-0.15, -0.1) is 0 Å². The van der Waals surface area contributed by atoms with Crippen molar-refractivity contribution in [1.29, 1.82) is 0 Å². The minimum atomic E-state index is -4.15. The van der Waals surface area contributed by atoms with Crippen molar-refractivity contribution in [1.82, 2.24) is 20.0 Å². The average molecular weight is 616 g/mol. The summed E-state index contributed by atoms with van der Waals surface area (Å²) in [6.45, 7) is 10.6. The van der Waals surface area contributed by atoms with Gasteiger partial charge in [-0.3, -0.25) is 4.79 Å². The second kappa shape index (κ2) is 11.4. The van der Waals surface area contributed by atoms with Gasteiger partial charge in [-0.2, -0.15) is 4.98 Å². The molecule has 4 aromatic rings. The van der Waals surface area contributed by atoms with Gasteiger partial charge in [0.1, 0.15) is 18.1 Å². The summed E-state index contributed by atoms with van der Waals surface area (Å²) in [4.78, 5) is 24.9. The molecule has 1 aliphatic heterocycles. The molecule has 2 aromatic carbocycles. The van der Waals surface area contributed by atoms with Crippen LogP contribution in [0, 0.1) is 19.3 Å². The van der Waals surface area contributed by atoms with Crippen LogP contribution >= 0.6 is 0 Å². The van der Waals surface area contributed by atoms with Gasteiger partial charge < -0.3 is 14.2 Å². The zero-order valence-electron chi connectivity index (χ0n) is 25.6. The third-order valence-electron chi connectivity index (χ3n) is 7.92. The lowest BCUT2D eigenvalue weighted by atomic mass is 9.87. The maximum absolute atomic E-state index is 14.2. The summed E-state index contributed by atoms with van der Waals surface area (Å²) in [6, 6.07) is 15.2. The van der Waals surface area contributed by atoms with Crippen molar-refractivity contribution in [3.05, 3.63) is 82.7 Å². The van der Waals surface area contributed by atoms with Gasteiger partial charge in [0, 0.05) is 29.2 Å². The normalized spacial score (nSPS) is 18.4. The monoisotopic (exact) mass is 615 g/mol. The number of aryl methyl sites for hydroxylation is 2. The van der Waals surface area contributed by atoms with E-state index in [1.165, 1.54) is 12.1 Å². The van der Waals surface area contributed by atoms with Crippen LogP contribution in [0.5, 0.6) is 5.88 Å². The lowest BCUT2D eigenvalue weighted by Gasteiger charge is -2.35. The minimum Gasteiger partial charge on any atom is -0.475 e. The number of hydrogen-bond donors (Lipinski definition) is 1. The van der Waals surface area contributed by atoms with E-state index in [1.54, 1.807) is 23.1 Å². The van der Waals surface area contributed by atoms with E-state index >= 15 is 0 Å². The number of anilines is 1. The molecule has 2 aliphatic rings. The first-order valence-corrected chi connectivity index (χ1v) is 16.3. The highest BCUT2D eigenvalue weighted by atomic mass is 32.2. The summed E-state index contributed by atoms with van der Waals surface area (Å²) < 4.78 is 41.6. The summed E-state index contributed by atoms with van der Waals surface area (Å²) in [5.74, 6) is 0.960. The molecule has 2 aromatic heterocycles. The molecule has 3 heterocycles. The molecule has 1 atom stereocenters. The van der Waals surface area contributed by atoms with E-state index in [1.807, 2.05) is 38.1 Å². The number of sulfonamides is 1. The summed E-state index contributed by atoms with van der Waals surface area (Å²) in [5.41, 5.74) is 4.06. The van der Waals surface area contributed by atoms with Crippen LogP contribution in [0.4, 0.5) is 5.95 Å². The highest BCUT2D eigenvalue weighted by Gasteiger charge is 2.33. The van der Waals surface area contributed by atoms with Crippen molar-refractivity contribution >= 4 is 21.9 Å². The fourth-order valence-electron chi connectivity index (χ4n) is 5.68. The zero-order chi connectivity index (χ0) is 31.2. The summed E-state index contributed by atoms with van der Waals surface area (Å²) in [7, 11) is -4.15. The first-order valence-electron chi connectivity index (χ1n) is 14.8. The Balaban J connectivity index is 1.48. The fraction of sp³-hybridized carbons (Fsp3) is 0.394. The number of nitrogens with zero attached hydrogens (tertiary/aromatic N) is 4. The Morgan fingerprint density at radius 1 is 1.00 bits per heavy atom. The van der Waals surface area contributed by atoms with E-state index in [0.29, 0.717) is 23.7 Å². The molecule has 4 bridgehead atoms. The average Bonchev–Trinajstić information content (AvgIpc) is 3.70. The van der Waals surface area contributed by atoms with E-state index < -0.39 is 16.1 Å². The first-order chi connectivity index (χ1) is 20.9. The van der Waals surface area contributed by atoms with Crippen molar-refractivity contribution in [2.75, 3.05) is 11.3 Å². The maximum Gasteiger partial charge on any atom is 0.264 e. The van der Waals surface area contributed by atoms with E-state index in [2.05, 4.69) is 40.6 Å². The maximum atomic E-state index is 14.2. The van der Waals surface area contributed by atoms with Crippen LogP contribution in [0.1, 0.15) is 78.9 Å². The van der Waals surface area contributed by atoms with E-state index in [-0.39, 0.29) is 46.8 Å². The molecule has 6 rings (SSSR count). The molecule has 230 valence electrons. The minimum absolute atomic E-state index is 0.0732. The molecule has 11 heteroatoms.